The number of halogens is 2. The number of nitrogens with zero attached hydrogens (tertiary/aromatic N) is 2. The lowest BCUT2D eigenvalue weighted by atomic mass is 9.95. The summed E-state index contributed by atoms with van der Waals surface area (Å²) in [5.41, 5.74) is 1.69. The van der Waals surface area contributed by atoms with E-state index in [2.05, 4.69) is 5.32 Å². The Labute approximate surface area is 264 Å². The normalized spacial score (nSPS) is 14.5. The van der Waals surface area contributed by atoms with Crippen LogP contribution in [0.5, 0.6) is 5.75 Å². The minimum atomic E-state index is -4.26. The summed E-state index contributed by atoms with van der Waals surface area (Å²) in [6.45, 7) is 2.98. The highest BCUT2D eigenvalue weighted by Gasteiger charge is 2.34. The molecule has 1 fully saturated rings. The topological polar surface area (TPSA) is 96.0 Å². The van der Waals surface area contributed by atoms with Gasteiger partial charge in [0.2, 0.25) is 11.8 Å². The van der Waals surface area contributed by atoms with Crippen LogP contribution in [0, 0.1) is 6.92 Å². The van der Waals surface area contributed by atoms with Gasteiger partial charge < -0.3 is 15.0 Å². The van der Waals surface area contributed by atoms with Gasteiger partial charge in [0.15, 0.2) is 0 Å². The lowest BCUT2D eigenvalue weighted by Crippen LogP contribution is -2.53. The fraction of sp³-hybridized carbons (Fsp3) is 0.375. The van der Waals surface area contributed by atoms with Gasteiger partial charge in [-0.25, -0.2) is 8.42 Å². The number of carbonyl (C=O) groups excluding carboxylic acids is 2. The molecule has 1 saturated carbocycles. The van der Waals surface area contributed by atoms with Crippen molar-refractivity contribution in [3.05, 3.63) is 87.9 Å². The molecule has 11 heteroatoms. The van der Waals surface area contributed by atoms with Gasteiger partial charge in [0, 0.05) is 17.6 Å². The number of carbonyl (C=O) groups is 2. The lowest BCUT2D eigenvalue weighted by Gasteiger charge is -2.33. The molecule has 4 rings (SSSR count). The minimum absolute atomic E-state index is 0.00765. The smallest absolute Gasteiger partial charge is 0.264 e. The number of anilines is 1. The predicted octanol–water partition coefficient (Wildman–Crippen LogP) is 6.37. The summed E-state index contributed by atoms with van der Waals surface area (Å²) >= 11 is 12.7. The minimum Gasteiger partial charge on any atom is -0.497 e. The van der Waals surface area contributed by atoms with Crippen LogP contribution >= 0.6 is 23.2 Å². The van der Waals surface area contributed by atoms with Gasteiger partial charge in [-0.3, -0.25) is 13.9 Å². The molecule has 0 aliphatic heterocycles. The van der Waals surface area contributed by atoms with E-state index in [9.17, 15) is 18.0 Å². The van der Waals surface area contributed by atoms with Crippen LogP contribution in [0.3, 0.4) is 0 Å². The number of sulfonamides is 1. The molecule has 0 unspecified atom stereocenters. The number of hydrogen-bond donors (Lipinski definition) is 1. The number of ether oxygens (including phenoxy) is 1. The largest absolute Gasteiger partial charge is 0.497 e. The van der Waals surface area contributed by atoms with Crippen LogP contribution in [-0.4, -0.2) is 50.9 Å². The molecule has 1 N–H and O–H groups in total. The Kier molecular flexibility index (Phi) is 11.0. The van der Waals surface area contributed by atoms with Crippen LogP contribution in [0.25, 0.3) is 0 Å². The van der Waals surface area contributed by atoms with Gasteiger partial charge >= 0.3 is 0 Å². The molecule has 1 atom stereocenters. The molecule has 0 aromatic heterocycles. The Morgan fingerprint density at radius 3 is 2.26 bits per heavy atom. The summed E-state index contributed by atoms with van der Waals surface area (Å²) in [4.78, 5) is 29.0. The summed E-state index contributed by atoms with van der Waals surface area (Å²) in [5, 5.41) is 3.46. The zero-order chi connectivity index (χ0) is 31.1. The highest BCUT2D eigenvalue weighted by molar-refractivity contribution is 7.92. The Bertz CT molecular complexity index is 1530. The van der Waals surface area contributed by atoms with Gasteiger partial charge in [-0.15, -0.1) is 0 Å². The maximum absolute atomic E-state index is 14.2. The molecule has 0 spiro atoms. The van der Waals surface area contributed by atoms with E-state index in [1.165, 1.54) is 29.2 Å². The van der Waals surface area contributed by atoms with E-state index >= 15 is 0 Å². The van der Waals surface area contributed by atoms with Crippen molar-refractivity contribution in [2.24, 2.45) is 0 Å². The molecule has 0 saturated heterocycles. The number of rotatable bonds is 11. The van der Waals surface area contributed by atoms with Crippen LogP contribution in [-0.2, 0) is 26.2 Å². The molecule has 2 amide bonds. The van der Waals surface area contributed by atoms with Crippen LogP contribution < -0.4 is 14.4 Å². The Morgan fingerprint density at radius 1 is 0.977 bits per heavy atom. The van der Waals surface area contributed by atoms with E-state index in [4.69, 9.17) is 27.9 Å². The van der Waals surface area contributed by atoms with Crippen molar-refractivity contribution in [2.75, 3.05) is 18.0 Å². The third kappa shape index (κ3) is 8.22. The molecule has 230 valence electrons. The van der Waals surface area contributed by atoms with Crippen molar-refractivity contribution in [3.63, 3.8) is 0 Å². The first-order valence-corrected chi connectivity index (χ1v) is 16.5. The fourth-order valence-electron chi connectivity index (χ4n) is 5.11. The van der Waals surface area contributed by atoms with Crippen molar-refractivity contribution in [3.8, 4) is 5.75 Å². The highest BCUT2D eigenvalue weighted by Crippen LogP contribution is 2.33. The maximum atomic E-state index is 14.2. The highest BCUT2D eigenvalue weighted by atomic mass is 35.5. The molecule has 1 aliphatic carbocycles. The second-order valence-electron chi connectivity index (χ2n) is 10.8. The van der Waals surface area contributed by atoms with E-state index in [1.54, 1.807) is 56.5 Å². The molecular formula is C32H37Cl2N3O5S. The number of aryl methyl sites for hydroxylation is 1. The summed E-state index contributed by atoms with van der Waals surface area (Å²) < 4.78 is 34.3. The van der Waals surface area contributed by atoms with Crippen LogP contribution in [0.4, 0.5) is 5.69 Å². The van der Waals surface area contributed by atoms with E-state index < -0.39 is 28.5 Å². The molecule has 0 bridgehead atoms. The molecule has 3 aromatic rings. The van der Waals surface area contributed by atoms with Gasteiger partial charge in [-0.05, 0) is 74.7 Å². The van der Waals surface area contributed by atoms with Crippen LogP contribution in [0.1, 0.15) is 50.2 Å². The third-order valence-electron chi connectivity index (χ3n) is 7.70. The lowest BCUT2D eigenvalue weighted by molar-refractivity contribution is -0.139. The monoisotopic (exact) mass is 645 g/mol. The Morgan fingerprint density at radius 2 is 1.63 bits per heavy atom. The fourth-order valence-corrected chi connectivity index (χ4v) is 6.97. The molecule has 0 heterocycles. The second-order valence-corrected chi connectivity index (χ2v) is 13.5. The SMILES string of the molecule is COc1ccc(CN(C(=O)CN(c2cc(Cl)ccc2Cl)S(=O)(=O)c2ccc(C)cc2)[C@H](C)C(=O)NC2CCCCC2)cc1. The molecular weight excluding hydrogens is 609 g/mol. The van der Waals surface area contributed by atoms with Crippen molar-refractivity contribution in [2.45, 2.75) is 69.5 Å². The van der Waals surface area contributed by atoms with Gasteiger partial charge in [0.25, 0.3) is 10.0 Å². The van der Waals surface area contributed by atoms with Gasteiger partial charge in [0.05, 0.1) is 22.7 Å². The standard InChI is InChI=1S/C32H37Cl2N3O5S/c1-22-9-16-28(17-10-22)43(40,41)37(30-19-25(33)13-18-29(30)34)21-31(38)36(20-24-11-14-27(42-3)15-12-24)23(2)32(39)35-26-7-5-4-6-8-26/h9-19,23,26H,4-8,20-21H2,1-3H3,(H,35,39)/t23-/m1/s1. The molecule has 1 aliphatic rings. The average molecular weight is 647 g/mol. The number of amides is 2. The van der Waals surface area contributed by atoms with Crippen LogP contribution in [0.15, 0.2) is 71.6 Å². The predicted molar refractivity (Wildman–Crippen MR) is 170 cm³/mol. The summed E-state index contributed by atoms with van der Waals surface area (Å²) in [6, 6.07) is 17.1. The average Bonchev–Trinajstić information content (AvgIpc) is 3.00. The van der Waals surface area contributed by atoms with Gasteiger partial charge in [0.1, 0.15) is 18.3 Å². The van der Waals surface area contributed by atoms with Crippen molar-refractivity contribution in [1.29, 1.82) is 0 Å². The van der Waals surface area contributed by atoms with Crippen molar-refractivity contribution >= 4 is 50.7 Å². The first kappa shape index (κ1) is 32.6. The molecule has 0 radical (unpaired) electrons. The third-order valence-corrected chi connectivity index (χ3v) is 10.0. The number of methoxy groups -OCH3 is 1. The van der Waals surface area contributed by atoms with Gasteiger partial charge in [-0.1, -0.05) is 72.3 Å². The quantitative estimate of drug-likeness (QED) is 0.261. The van der Waals surface area contributed by atoms with E-state index in [-0.39, 0.29) is 39.1 Å². The number of nitrogens with one attached hydrogen (secondary N) is 1. The van der Waals surface area contributed by atoms with E-state index in [0.717, 1.165) is 47.5 Å². The number of hydrogen-bond acceptors (Lipinski definition) is 5. The summed E-state index contributed by atoms with van der Waals surface area (Å²) in [6.07, 6.45) is 5.00. The van der Waals surface area contributed by atoms with Crippen molar-refractivity contribution < 1.29 is 22.7 Å². The summed E-state index contributed by atoms with van der Waals surface area (Å²) in [5.74, 6) is -0.216. The zero-order valence-electron chi connectivity index (χ0n) is 24.6. The first-order valence-electron chi connectivity index (χ1n) is 14.3. The molecule has 3 aromatic carbocycles. The second kappa shape index (κ2) is 14.5. The zero-order valence-corrected chi connectivity index (χ0v) is 26.9. The maximum Gasteiger partial charge on any atom is 0.264 e. The number of benzene rings is 3. The Balaban J connectivity index is 1.70. The van der Waals surface area contributed by atoms with E-state index in [1.807, 2.05) is 6.92 Å². The first-order chi connectivity index (χ1) is 20.5. The molecule has 8 nitrogen and oxygen atoms in total. The molecule has 43 heavy (non-hydrogen) atoms. The summed E-state index contributed by atoms with van der Waals surface area (Å²) in [7, 11) is -2.70. The van der Waals surface area contributed by atoms with E-state index in [0.29, 0.717) is 5.75 Å². The van der Waals surface area contributed by atoms with Crippen molar-refractivity contribution in [1.82, 2.24) is 10.2 Å². The Hall–Kier alpha value is -3.27. The van der Waals surface area contributed by atoms with Gasteiger partial charge in [-0.2, -0.15) is 0 Å². The van der Waals surface area contributed by atoms with Crippen LogP contribution in [0.2, 0.25) is 10.0 Å².